The Balaban J connectivity index is 1.78. The summed E-state index contributed by atoms with van der Waals surface area (Å²) in [7, 11) is 0. The zero-order valence-electron chi connectivity index (χ0n) is 8.48. The van der Waals surface area contributed by atoms with Crippen LogP contribution in [0, 0.1) is 0 Å². The lowest BCUT2D eigenvalue weighted by Gasteiger charge is -2.11. The molecule has 0 bridgehead atoms. The standard InChI is InChI=1S/C10H13Br2NOS/c1-15-10(2-3-10)6-13-5-7-4-8(11)9(12)14-7/h4,13H,2-3,5-6H2,1H3. The highest BCUT2D eigenvalue weighted by atomic mass is 79.9. The Bertz CT molecular complexity index is 330. The molecule has 2 rings (SSSR count). The Kier molecular flexibility index (Phi) is 3.86. The van der Waals surface area contributed by atoms with Crippen LogP contribution < -0.4 is 5.32 Å². The van der Waals surface area contributed by atoms with Crippen LogP contribution in [-0.2, 0) is 6.54 Å². The molecule has 5 heteroatoms. The van der Waals surface area contributed by atoms with Crippen LogP contribution in [0.1, 0.15) is 18.6 Å². The molecule has 1 saturated carbocycles. The van der Waals surface area contributed by atoms with E-state index in [0.29, 0.717) is 4.75 Å². The highest BCUT2D eigenvalue weighted by Crippen LogP contribution is 2.46. The van der Waals surface area contributed by atoms with Crippen molar-refractivity contribution in [3.05, 3.63) is 21.0 Å². The molecule has 1 aromatic heterocycles. The first kappa shape index (κ1) is 12.0. The summed E-state index contributed by atoms with van der Waals surface area (Å²) in [4.78, 5) is 0. The van der Waals surface area contributed by atoms with E-state index in [-0.39, 0.29) is 0 Å². The molecule has 1 aromatic rings. The molecular weight excluding hydrogens is 342 g/mol. The van der Waals surface area contributed by atoms with Gasteiger partial charge < -0.3 is 9.73 Å². The molecule has 0 aliphatic heterocycles. The van der Waals surface area contributed by atoms with E-state index in [2.05, 4.69) is 43.4 Å². The molecule has 84 valence electrons. The summed E-state index contributed by atoms with van der Waals surface area (Å²) in [6, 6.07) is 2.00. The second-order valence-corrected chi connectivity index (χ2v) is 6.67. The Morgan fingerprint density at radius 3 is 2.73 bits per heavy atom. The van der Waals surface area contributed by atoms with E-state index in [1.807, 2.05) is 17.8 Å². The number of thioether (sulfide) groups is 1. The predicted molar refractivity (Wildman–Crippen MR) is 71.3 cm³/mol. The third-order valence-corrected chi connectivity index (χ3v) is 5.81. The van der Waals surface area contributed by atoms with Gasteiger partial charge in [-0.3, -0.25) is 0 Å². The second-order valence-electron chi connectivity index (χ2n) is 3.83. The summed E-state index contributed by atoms with van der Waals surface area (Å²) in [5.74, 6) is 0.964. The monoisotopic (exact) mass is 353 g/mol. The van der Waals surface area contributed by atoms with Gasteiger partial charge in [0.05, 0.1) is 11.0 Å². The Morgan fingerprint density at radius 2 is 2.27 bits per heavy atom. The summed E-state index contributed by atoms with van der Waals surface area (Å²) >= 11 is 8.70. The number of furan rings is 1. The molecule has 0 radical (unpaired) electrons. The molecular formula is C10H13Br2NOS. The van der Waals surface area contributed by atoms with Gasteiger partial charge in [-0.1, -0.05) is 0 Å². The first-order valence-corrected chi connectivity index (χ1v) is 7.66. The summed E-state index contributed by atoms with van der Waals surface area (Å²) < 4.78 is 7.74. The molecule has 0 saturated heterocycles. The van der Waals surface area contributed by atoms with Gasteiger partial charge in [-0.25, -0.2) is 0 Å². The molecule has 1 N–H and O–H groups in total. The molecule has 2 nitrogen and oxygen atoms in total. The van der Waals surface area contributed by atoms with E-state index in [0.717, 1.165) is 28.0 Å². The molecule has 0 amide bonds. The molecule has 15 heavy (non-hydrogen) atoms. The summed E-state index contributed by atoms with van der Waals surface area (Å²) in [6.45, 7) is 1.87. The zero-order chi connectivity index (χ0) is 10.9. The second kappa shape index (κ2) is 4.82. The maximum absolute atomic E-state index is 5.48. The van der Waals surface area contributed by atoms with Crippen LogP contribution >= 0.6 is 43.6 Å². The largest absolute Gasteiger partial charge is 0.452 e. The van der Waals surface area contributed by atoms with Gasteiger partial charge in [-0.15, -0.1) is 0 Å². The fourth-order valence-electron chi connectivity index (χ4n) is 1.48. The van der Waals surface area contributed by atoms with Crippen LogP contribution in [0.3, 0.4) is 0 Å². The first-order valence-electron chi connectivity index (χ1n) is 4.85. The van der Waals surface area contributed by atoms with E-state index in [9.17, 15) is 0 Å². The maximum Gasteiger partial charge on any atom is 0.183 e. The lowest BCUT2D eigenvalue weighted by molar-refractivity contribution is 0.463. The van der Waals surface area contributed by atoms with Crippen LogP contribution in [0.15, 0.2) is 19.6 Å². The number of halogens is 2. The number of nitrogens with one attached hydrogen (secondary N) is 1. The number of rotatable bonds is 5. The minimum atomic E-state index is 0.515. The molecule has 0 atom stereocenters. The highest BCUT2D eigenvalue weighted by Gasteiger charge is 2.41. The zero-order valence-corrected chi connectivity index (χ0v) is 12.5. The van der Waals surface area contributed by atoms with Crippen molar-refractivity contribution in [2.45, 2.75) is 24.1 Å². The highest BCUT2D eigenvalue weighted by molar-refractivity contribution is 9.13. The van der Waals surface area contributed by atoms with Crippen LogP contribution in [0.25, 0.3) is 0 Å². The third-order valence-electron chi connectivity index (χ3n) is 2.68. The quantitative estimate of drug-likeness (QED) is 0.870. The van der Waals surface area contributed by atoms with E-state index >= 15 is 0 Å². The Hall–Kier alpha value is 0.550. The Morgan fingerprint density at radius 1 is 1.53 bits per heavy atom. The fraction of sp³-hybridized carbons (Fsp3) is 0.600. The van der Waals surface area contributed by atoms with Crippen molar-refractivity contribution in [2.75, 3.05) is 12.8 Å². The smallest absolute Gasteiger partial charge is 0.183 e. The average molecular weight is 355 g/mol. The average Bonchev–Trinajstić information content (AvgIpc) is 2.91. The van der Waals surface area contributed by atoms with E-state index in [1.165, 1.54) is 12.8 Å². The van der Waals surface area contributed by atoms with Crippen LogP contribution in [0.2, 0.25) is 0 Å². The summed E-state index contributed by atoms with van der Waals surface area (Å²) in [6.07, 6.45) is 4.87. The molecule has 1 heterocycles. The maximum atomic E-state index is 5.48. The van der Waals surface area contributed by atoms with Crippen molar-refractivity contribution in [3.63, 3.8) is 0 Å². The predicted octanol–water partition coefficient (Wildman–Crippen LogP) is 3.79. The lowest BCUT2D eigenvalue weighted by atomic mass is 10.4. The van der Waals surface area contributed by atoms with Crippen molar-refractivity contribution < 1.29 is 4.42 Å². The van der Waals surface area contributed by atoms with Gasteiger partial charge in [0, 0.05) is 11.3 Å². The van der Waals surface area contributed by atoms with Crippen molar-refractivity contribution in [1.82, 2.24) is 5.32 Å². The first-order chi connectivity index (χ1) is 7.15. The van der Waals surface area contributed by atoms with Gasteiger partial charge in [0.25, 0.3) is 0 Å². The van der Waals surface area contributed by atoms with E-state index in [4.69, 9.17) is 4.42 Å². The molecule has 1 aliphatic rings. The molecule has 0 unspecified atom stereocenters. The molecule has 1 fully saturated rings. The van der Waals surface area contributed by atoms with E-state index < -0.39 is 0 Å². The van der Waals surface area contributed by atoms with Crippen molar-refractivity contribution in [3.8, 4) is 0 Å². The summed E-state index contributed by atoms with van der Waals surface area (Å²) in [5.41, 5.74) is 0. The SMILES string of the molecule is CSC1(CNCc2cc(Br)c(Br)o2)CC1. The van der Waals surface area contributed by atoms with Crippen LogP contribution in [-0.4, -0.2) is 17.5 Å². The normalized spacial score (nSPS) is 18.1. The van der Waals surface area contributed by atoms with Crippen molar-refractivity contribution in [1.29, 1.82) is 0 Å². The fourth-order valence-corrected chi connectivity index (χ4v) is 2.90. The molecule has 0 spiro atoms. The van der Waals surface area contributed by atoms with Crippen LogP contribution in [0.4, 0.5) is 0 Å². The molecule has 0 aromatic carbocycles. The van der Waals surface area contributed by atoms with Crippen molar-refractivity contribution >= 4 is 43.6 Å². The minimum absolute atomic E-state index is 0.515. The third kappa shape index (κ3) is 3.02. The van der Waals surface area contributed by atoms with Crippen molar-refractivity contribution in [2.24, 2.45) is 0 Å². The van der Waals surface area contributed by atoms with Gasteiger partial charge in [0.1, 0.15) is 5.76 Å². The summed E-state index contributed by atoms with van der Waals surface area (Å²) in [5, 5.41) is 3.44. The minimum Gasteiger partial charge on any atom is -0.452 e. The number of hydrogen-bond donors (Lipinski definition) is 1. The van der Waals surface area contributed by atoms with Crippen LogP contribution in [0.5, 0.6) is 0 Å². The Labute approximate surface area is 111 Å². The number of hydrogen-bond acceptors (Lipinski definition) is 3. The van der Waals surface area contributed by atoms with Gasteiger partial charge in [-0.2, -0.15) is 11.8 Å². The van der Waals surface area contributed by atoms with Gasteiger partial charge in [0.15, 0.2) is 4.67 Å². The van der Waals surface area contributed by atoms with Gasteiger partial charge >= 0.3 is 0 Å². The van der Waals surface area contributed by atoms with Gasteiger partial charge in [-0.05, 0) is 57.0 Å². The lowest BCUT2D eigenvalue weighted by Crippen LogP contribution is -2.25. The molecule has 1 aliphatic carbocycles. The van der Waals surface area contributed by atoms with E-state index in [1.54, 1.807) is 0 Å². The topological polar surface area (TPSA) is 25.2 Å². The van der Waals surface area contributed by atoms with Gasteiger partial charge in [0.2, 0.25) is 0 Å².